The number of hydrogen-bond donors (Lipinski definition) is 2. The molecule has 26 heavy (non-hydrogen) atoms. The second kappa shape index (κ2) is 7.21. The van der Waals surface area contributed by atoms with E-state index in [0.717, 1.165) is 17.6 Å². The maximum absolute atomic E-state index is 11.3. The molecule has 0 bridgehead atoms. The molecular weight excluding hydrogens is 356 g/mol. The Morgan fingerprint density at radius 1 is 1.31 bits per heavy atom. The van der Waals surface area contributed by atoms with Crippen LogP contribution in [0.3, 0.4) is 0 Å². The lowest BCUT2D eigenvalue weighted by Crippen LogP contribution is -2.30. The van der Waals surface area contributed by atoms with Gasteiger partial charge in [0, 0.05) is 11.8 Å². The van der Waals surface area contributed by atoms with Gasteiger partial charge in [-0.05, 0) is 42.3 Å². The van der Waals surface area contributed by atoms with Gasteiger partial charge in [-0.3, -0.25) is 4.79 Å². The minimum absolute atomic E-state index is 0.0200. The number of benzene rings is 1. The van der Waals surface area contributed by atoms with Crippen LogP contribution in [0.4, 0.5) is 5.82 Å². The highest BCUT2D eigenvalue weighted by Crippen LogP contribution is 2.30. The topological polar surface area (TPSA) is 89.3 Å². The van der Waals surface area contributed by atoms with Gasteiger partial charge < -0.3 is 19.8 Å². The van der Waals surface area contributed by atoms with Crippen LogP contribution in [0.25, 0.3) is 10.9 Å². The van der Waals surface area contributed by atoms with E-state index in [1.807, 2.05) is 30.3 Å². The van der Waals surface area contributed by atoms with Gasteiger partial charge in [-0.25, -0.2) is 9.97 Å². The van der Waals surface area contributed by atoms with Crippen molar-refractivity contribution < 1.29 is 13.9 Å². The highest BCUT2D eigenvalue weighted by atomic mass is 35.5. The molecule has 134 valence electrons. The Balaban J connectivity index is 1.57. The average Bonchev–Trinajstić information content (AvgIpc) is 3.29. The molecule has 1 amide bonds. The van der Waals surface area contributed by atoms with Crippen LogP contribution in [0.2, 0.25) is 5.28 Å². The summed E-state index contributed by atoms with van der Waals surface area (Å²) in [4.78, 5) is 19.9. The Bertz CT molecular complexity index is 930. The van der Waals surface area contributed by atoms with Crippen LogP contribution >= 0.6 is 11.6 Å². The van der Waals surface area contributed by atoms with Gasteiger partial charge in [0.15, 0.2) is 0 Å². The number of carbonyl (C=O) groups is 1. The monoisotopic (exact) mass is 372 g/mol. The van der Waals surface area contributed by atoms with Gasteiger partial charge in [-0.2, -0.15) is 0 Å². The Kier molecular flexibility index (Phi) is 4.62. The summed E-state index contributed by atoms with van der Waals surface area (Å²) in [7, 11) is 0. The Labute approximate surface area is 154 Å². The molecule has 1 aliphatic rings. The molecule has 1 atom stereocenters. The van der Waals surface area contributed by atoms with Crippen molar-refractivity contribution in [2.75, 3.05) is 11.9 Å². The summed E-state index contributed by atoms with van der Waals surface area (Å²) in [5.41, 5.74) is 0.624. The number of furan rings is 1. The number of fused-ring (bicyclic) bond motifs is 1. The number of ether oxygens (including phenoxy) is 1. The SMILES string of the molecule is O=C1CC[C@H](COc2cccc3c(NCc4ccco4)nc(Cl)nc23)N1. The third-order valence-corrected chi connectivity index (χ3v) is 4.37. The summed E-state index contributed by atoms with van der Waals surface area (Å²) in [6.07, 6.45) is 2.93. The normalized spacial score (nSPS) is 16.7. The number of nitrogens with one attached hydrogen (secondary N) is 2. The van der Waals surface area contributed by atoms with E-state index in [4.69, 9.17) is 20.8 Å². The highest BCUT2D eigenvalue weighted by Gasteiger charge is 2.21. The van der Waals surface area contributed by atoms with E-state index in [1.165, 1.54) is 0 Å². The van der Waals surface area contributed by atoms with Gasteiger partial charge in [0.2, 0.25) is 11.2 Å². The summed E-state index contributed by atoms with van der Waals surface area (Å²) < 4.78 is 11.2. The molecular formula is C18H17ClN4O3. The molecule has 4 rings (SSSR count). The van der Waals surface area contributed by atoms with Gasteiger partial charge in [0.1, 0.15) is 29.5 Å². The highest BCUT2D eigenvalue weighted by molar-refractivity contribution is 6.29. The van der Waals surface area contributed by atoms with Gasteiger partial charge in [0.05, 0.1) is 18.8 Å². The standard InChI is InChI=1S/C18H17ClN4O3/c19-18-22-16-13(17(23-18)20-9-12-3-2-8-25-12)4-1-5-14(16)26-10-11-6-7-15(24)21-11/h1-5,8,11H,6-7,9-10H2,(H,21,24)(H,20,22,23)/t11-/m1/s1. The van der Waals surface area contributed by atoms with E-state index in [0.29, 0.717) is 36.7 Å². The zero-order chi connectivity index (χ0) is 17.9. The van der Waals surface area contributed by atoms with Gasteiger partial charge >= 0.3 is 0 Å². The van der Waals surface area contributed by atoms with Crippen LogP contribution in [0, 0.1) is 0 Å². The van der Waals surface area contributed by atoms with Gasteiger partial charge in [0.25, 0.3) is 0 Å². The maximum Gasteiger partial charge on any atom is 0.225 e. The first-order chi connectivity index (χ1) is 12.7. The quantitative estimate of drug-likeness (QED) is 0.646. The molecule has 0 unspecified atom stereocenters. The Morgan fingerprint density at radius 3 is 3.00 bits per heavy atom. The van der Waals surface area contributed by atoms with Crippen molar-refractivity contribution in [2.24, 2.45) is 0 Å². The van der Waals surface area contributed by atoms with E-state index < -0.39 is 0 Å². The maximum atomic E-state index is 11.3. The number of para-hydroxylation sites is 1. The van der Waals surface area contributed by atoms with Crippen LogP contribution < -0.4 is 15.4 Å². The second-order valence-corrected chi connectivity index (χ2v) is 6.38. The number of aromatic nitrogens is 2. The van der Waals surface area contributed by atoms with E-state index >= 15 is 0 Å². The van der Waals surface area contributed by atoms with Crippen LogP contribution in [-0.2, 0) is 11.3 Å². The lowest BCUT2D eigenvalue weighted by molar-refractivity contribution is -0.119. The first-order valence-corrected chi connectivity index (χ1v) is 8.71. The number of rotatable bonds is 6. The summed E-state index contributed by atoms with van der Waals surface area (Å²) in [5.74, 6) is 2.06. The number of nitrogens with zero attached hydrogens (tertiary/aromatic N) is 2. The zero-order valence-electron chi connectivity index (χ0n) is 13.9. The second-order valence-electron chi connectivity index (χ2n) is 6.04. The van der Waals surface area contributed by atoms with Crippen LogP contribution in [-0.4, -0.2) is 28.5 Å². The molecule has 2 N–H and O–H groups in total. The van der Waals surface area contributed by atoms with E-state index in [2.05, 4.69) is 20.6 Å². The van der Waals surface area contributed by atoms with Crippen molar-refractivity contribution in [3.63, 3.8) is 0 Å². The van der Waals surface area contributed by atoms with Gasteiger partial charge in [-0.1, -0.05) is 6.07 Å². The number of amides is 1. The summed E-state index contributed by atoms with van der Waals surface area (Å²) in [6.45, 7) is 0.871. The summed E-state index contributed by atoms with van der Waals surface area (Å²) in [6, 6.07) is 9.34. The number of hydrogen-bond acceptors (Lipinski definition) is 6. The number of halogens is 1. The summed E-state index contributed by atoms with van der Waals surface area (Å²) >= 11 is 6.10. The van der Waals surface area contributed by atoms with E-state index in [1.54, 1.807) is 6.26 Å². The number of anilines is 1. The van der Waals surface area contributed by atoms with E-state index in [9.17, 15) is 4.79 Å². The van der Waals surface area contributed by atoms with E-state index in [-0.39, 0.29) is 17.2 Å². The molecule has 1 aliphatic heterocycles. The molecule has 1 aromatic carbocycles. The summed E-state index contributed by atoms with van der Waals surface area (Å²) in [5, 5.41) is 7.03. The molecule has 1 saturated heterocycles. The first kappa shape index (κ1) is 16.7. The van der Waals surface area contributed by atoms with Crippen molar-refractivity contribution in [3.05, 3.63) is 47.6 Å². The van der Waals surface area contributed by atoms with Crippen molar-refractivity contribution in [2.45, 2.75) is 25.4 Å². The van der Waals surface area contributed by atoms with Crippen molar-refractivity contribution in [3.8, 4) is 5.75 Å². The smallest absolute Gasteiger partial charge is 0.225 e. The minimum Gasteiger partial charge on any atom is -0.489 e. The lowest BCUT2D eigenvalue weighted by atomic mass is 10.2. The fourth-order valence-electron chi connectivity index (χ4n) is 2.93. The van der Waals surface area contributed by atoms with Crippen LogP contribution in [0.5, 0.6) is 5.75 Å². The van der Waals surface area contributed by atoms with Gasteiger partial charge in [-0.15, -0.1) is 0 Å². The predicted molar refractivity (Wildman–Crippen MR) is 97.2 cm³/mol. The van der Waals surface area contributed by atoms with Crippen LogP contribution in [0.15, 0.2) is 41.0 Å². The van der Waals surface area contributed by atoms with Crippen molar-refractivity contribution in [1.29, 1.82) is 0 Å². The average molecular weight is 373 g/mol. The molecule has 2 aromatic heterocycles. The molecule has 3 heterocycles. The lowest BCUT2D eigenvalue weighted by Gasteiger charge is -2.14. The predicted octanol–water partition coefficient (Wildman–Crippen LogP) is 3.15. The molecule has 8 heteroatoms. The fourth-order valence-corrected chi connectivity index (χ4v) is 3.10. The molecule has 7 nitrogen and oxygen atoms in total. The minimum atomic E-state index is 0.0200. The molecule has 0 radical (unpaired) electrons. The molecule has 0 aliphatic carbocycles. The number of carbonyl (C=O) groups excluding carboxylic acids is 1. The molecule has 0 saturated carbocycles. The Hall–Kier alpha value is -2.80. The molecule has 0 spiro atoms. The molecule has 3 aromatic rings. The largest absolute Gasteiger partial charge is 0.489 e. The van der Waals surface area contributed by atoms with Crippen molar-refractivity contribution in [1.82, 2.24) is 15.3 Å². The molecule has 1 fully saturated rings. The van der Waals surface area contributed by atoms with Crippen molar-refractivity contribution >= 4 is 34.2 Å². The zero-order valence-corrected chi connectivity index (χ0v) is 14.6. The third kappa shape index (κ3) is 3.57. The van der Waals surface area contributed by atoms with Crippen LogP contribution in [0.1, 0.15) is 18.6 Å². The first-order valence-electron chi connectivity index (χ1n) is 8.34. The Morgan fingerprint density at radius 2 is 2.23 bits per heavy atom. The fraction of sp³-hybridized carbons (Fsp3) is 0.278. The third-order valence-electron chi connectivity index (χ3n) is 4.20.